The SMILES string of the molecule is COC(=O)CS[C@H]1CCN(S(=O)(=O)c2cccc(C(F)(F)F)c2)C1. The normalized spacial score (nSPS) is 19.4. The minimum atomic E-state index is -4.60. The van der Waals surface area contributed by atoms with Crippen molar-refractivity contribution in [2.75, 3.05) is 26.0 Å². The Morgan fingerprint density at radius 3 is 2.75 bits per heavy atom. The Morgan fingerprint density at radius 1 is 1.42 bits per heavy atom. The molecule has 0 unspecified atom stereocenters. The van der Waals surface area contributed by atoms with Crippen LogP contribution in [0.1, 0.15) is 12.0 Å². The number of alkyl halides is 3. The van der Waals surface area contributed by atoms with Crippen LogP contribution in [0, 0.1) is 0 Å². The van der Waals surface area contributed by atoms with Crippen molar-refractivity contribution in [3.05, 3.63) is 29.8 Å². The van der Waals surface area contributed by atoms with Crippen molar-refractivity contribution in [2.24, 2.45) is 0 Å². The fourth-order valence-electron chi connectivity index (χ4n) is 2.28. The summed E-state index contributed by atoms with van der Waals surface area (Å²) in [5.74, 6) is -0.294. The molecule has 0 N–H and O–H groups in total. The monoisotopic (exact) mass is 383 g/mol. The zero-order chi connectivity index (χ0) is 18.0. The summed E-state index contributed by atoms with van der Waals surface area (Å²) < 4.78 is 68.9. The zero-order valence-electron chi connectivity index (χ0n) is 12.7. The molecule has 1 heterocycles. The van der Waals surface area contributed by atoms with Gasteiger partial charge in [0.25, 0.3) is 0 Å². The third kappa shape index (κ3) is 4.42. The van der Waals surface area contributed by atoms with Crippen molar-refractivity contribution in [1.82, 2.24) is 4.31 Å². The van der Waals surface area contributed by atoms with Crippen LogP contribution in [0.2, 0.25) is 0 Å². The molecular formula is C14H16F3NO4S2. The number of hydrogen-bond acceptors (Lipinski definition) is 5. The van der Waals surface area contributed by atoms with Gasteiger partial charge < -0.3 is 4.74 Å². The summed E-state index contributed by atoms with van der Waals surface area (Å²) in [7, 11) is -2.73. The first-order chi connectivity index (χ1) is 11.1. The van der Waals surface area contributed by atoms with E-state index >= 15 is 0 Å². The van der Waals surface area contributed by atoms with Gasteiger partial charge in [-0.2, -0.15) is 17.5 Å². The lowest BCUT2D eigenvalue weighted by Gasteiger charge is -2.17. The molecule has 10 heteroatoms. The Bertz CT molecular complexity index is 706. The molecule has 1 fully saturated rings. The number of rotatable bonds is 5. The van der Waals surface area contributed by atoms with Gasteiger partial charge in [0.1, 0.15) is 0 Å². The molecule has 1 aliphatic rings. The maximum atomic E-state index is 12.7. The Morgan fingerprint density at radius 2 is 2.12 bits per heavy atom. The highest BCUT2D eigenvalue weighted by molar-refractivity contribution is 8.00. The minimum absolute atomic E-state index is 0.0929. The van der Waals surface area contributed by atoms with Gasteiger partial charge in [0.05, 0.1) is 23.3 Å². The van der Waals surface area contributed by atoms with E-state index in [9.17, 15) is 26.4 Å². The second kappa shape index (κ2) is 7.32. The molecule has 5 nitrogen and oxygen atoms in total. The minimum Gasteiger partial charge on any atom is -0.468 e. The number of hydrogen-bond donors (Lipinski definition) is 0. The van der Waals surface area contributed by atoms with Gasteiger partial charge in [0.15, 0.2) is 0 Å². The fourth-order valence-corrected chi connectivity index (χ4v) is 4.97. The number of thioether (sulfide) groups is 1. The molecule has 134 valence electrons. The van der Waals surface area contributed by atoms with E-state index in [0.29, 0.717) is 12.5 Å². The molecule has 0 spiro atoms. The molecule has 0 radical (unpaired) electrons. The number of carbonyl (C=O) groups excluding carboxylic acids is 1. The second-order valence-corrected chi connectivity index (χ2v) is 8.41. The van der Waals surface area contributed by atoms with Crippen molar-refractivity contribution in [1.29, 1.82) is 0 Å². The number of nitrogens with zero attached hydrogens (tertiary/aromatic N) is 1. The summed E-state index contributed by atoms with van der Waals surface area (Å²) in [6, 6.07) is 3.71. The average molecular weight is 383 g/mol. The number of sulfonamides is 1. The molecule has 0 aliphatic carbocycles. The third-order valence-corrected chi connectivity index (χ3v) is 6.69. The average Bonchev–Trinajstić information content (AvgIpc) is 3.01. The fraction of sp³-hybridized carbons (Fsp3) is 0.500. The van der Waals surface area contributed by atoms with E-state index in [1.165, 1.54) is 18.9 Å². The van der Waals surface area contributed by atoms with Crippen molar-refractivity contribution >= 4 is 27.8 Å². The van der Waals surface area contributed by atoms with E-state index in [0.717, 1.165) is 22.5 Å². The van der Waals surface area contributed by atoms with Crippen molar-refractivity contribution in [3.63, 3.8) is 0 Å². The first-order valence-electron chi connectivity index (χ1n) is 7.00. The molecule has 1 saturated heterocycles. The summed E-state index contributed by atoms with van der Waals surface area (Å²) in [6.07, 6.45) is -4.07. The Hall–Kier alpha value is -1.26. The van der Waals surface area contributed by atoms with E-state index in [1.54, 1.807) is 0 Å². The lowest BCUT2D eigenvalue weighted by Crippen LogP contribution is -2.29. The van der Waals surface area contributed by atoms with Gasteiger partial charge in [-0.1, -0.05) is 6.07 Å². The summed E-state index contributed by atoms with van der Waals surface area (Å²) >= 11 is 1.28. The van der Waals surface area contributed by atoms with Crippen LogP contribution in [0.15, 0.2) is 29.2 Å². The molecule has 2 rings (SSSR count). The van der Waals surface area contributed by atoms with Crippen LogP contribution in [0.4, 0.5) is 13.2 Å². The second-order valence-electron chi connectivity index (χ2n) is 5.19. The molecule has 24 heavy (non-hydrogen) atoms. The number of halogens is 3. The van der Waals surface area contributed by atoms with Crippen molar-refractivity contribution in [2.45, 2.75) is 22.7 Å². The number of carbonyl (C=O) groups is 1. The maximum Gasteiger partial charge on any atom is 0.416 e. The van der Waals surface area contributed by atoms with E-state index < -0.39 is 27.7 Å². The summed E-state index contributed by atoms with van der Waals surface area (Å²) in [4.78, 5) is 10.7. The van der Waals surface area contributed by atoms with Gasteiger partial charge in [0.2, 0.25) is 10.0 Å². The first-order valence-corrected chi connectivity index (χ1v) is 9.49. The highest BCUT2D eigenvalue weighted by Crippen LogP contribution is 2.32. The van der Waals surface area contributed by atoms with Gasteiger partial charge in [0, 0.05) is 18.3 Å². The first kappa shape index (κ1) is 19.1. The van der Waals surface area contributed by atoms with E-state index in [-0.39, 0.29) is 29.0 Å². The quantitative estimate of drug-likeness (QED) is 0.731. The summed E-state index contributed by atoms with van der Waals surface area (Å²) in [5, 5.41) is -0.0929. The highest BCUT2D eigenvalue weighted by Gasteiger charge is 2.35. The predicted octanol–water partition coefficient (Wildman–Crippen LogP) is 2.37. The van der Waals surface area contributed by atoms with Crippen LogP contribution in [-0.2, 0) is 25.7 Å². The molecule has 0 aromatic heterocycles. The zero-order valence-corrected chi connectivity index (χ0v) is 14.4. The Balaban J connectivity index is 2.10. The number of esters is 1. The standard InChI is InChI=1S/C14H16F3NO4S2/c1-22-13(19)9-23-11-5-6-18(8-11)24(20,21)12-4-2-3-10(7-12)14(15,16)17/h2-4,7,11H,5-6,8-9H2,1H3/t11-/m0/s1. The predicted molar refractivity (Wildman–Crippen MR) is 83.1 cm³/mol. The van der Waals surface area contributed by atoms with Crippen LogP contribution < -0.4 is 0 Å². The molecule has 1 aliphatic heterocycles. The van der Waals surface area contributed by atoms with Gasteiger partial charge in [-0.3, -0.25) is 4.79 Å². The molecular weight excluding hydrogens is 367 g/mol. The lowest BCUT2D eigenvalue weighted by atomic mass is 10.2. The van der Waals surface area contributed by atoms with Crippen molar-refractivity contribution in [3.8, 4) is 0 Å². The van der Waals surface area contributed by atoms with Crippen LogP contribution in [0.25, 0.3) is 0 Å². The lowest BCUT2D eigenvalue weighted by molar-refractivity contribution is -0.138. The topological polar surface area (TPSA) is 63.7 Å². The molecule has 1 aromatic rings. The number of methoxy groups -OCH3 is 1. The van der Waals surface area contributed by atoms with E-state index in [4.69, 9.17) is 0 Å². The largest absolute Gasteiger partial charge is 0.468 e. The van der Waals surface area contributed by atoms with E-state index in [2.05, 4.69) is 4.74 Å². The molecule has 1 atom stereocenters. The van der Waals surface area contributed by atoms with E-state index in [1.807, 2.05) is 0 Å². The van der Waals surface area contributed by atoms with Crippen LogP contribution in [0.5, 0.6) is 0 Å². The number of benzene rings is 1. The van der Waals surface area contributed by atoms with Crippen LogP contribution >= 0.6 is 11.8 Å². The molecule has 0 saturated carbocycles. The van der Waals surface area contributed by atoms with Gasteiger partial charge in [-0.05, 0) is 24.6 Å². The van der Waals surface area contributed by atoms with Gasteiger partial charge in [-0.15, -0.1) is 11.8 Å². The molecule has 0 bridgehead atoms. The van der Waals surface area contributed by atoms with Gasteiger partial charge in [-0.25, -0.2) is 8.42 Å². The third-order valence-electron chi connectivity index (χ3n) is 3.57. The van der Waals surface area contributed by atoms with Gasteiger partial charge >= 0.3 is 12.1 Å². The van der Waals surface area contributed by atoms with Crippen LogP contribution in [0.3, 0.4) is 0 Å². The smallest absolute Gasteiger partial charge is 0.416 e. The highest BCUT2D eigenvalue weighted by atomic mass is 32.2. The summed E-state index contributed by atoms with van der Waals surface area (Å²) in [5.41, 5.74) is -1.00. The Kier molecular flexibility index (Phi) is 5.82. The maximum absolute atomic E-state index is 12.7. The molecule has 0 amide bonds. The Labute approximate surface area is 142 Å². The van der Waals surface area contributed by atoms with Crippen molar-refractivity contribution < 1.29 is 31.1 Å². The van der Waals surface area contributed by atoms with Crippen LogP contribution in [-0.4, -0.2) is 49.9 Å². The molecule has 1 aromatic carbocycles. The number of ether oxygens (including phenoxy) is 1. The summed E-state index contributed by atoms with van der Waals surface area (Å²) in [6.45, 7) is 0.359.